The lowest BCUT2D eigenvalue weighted by Crippen LogP contribution is -2.55. The molecule has 2 fully saturated rings. The number of nitro groups is 1. The molecule has 2 saturated heterocycles. The summed E-state index contributed by atoms with van der Waals surface area (Å²) in [6.07, 6.45) is 1.67. The predicted octanol–water partition coefficient (Wildman–Crippen LogP) is 4.97. The van der Waals surface area contributed by atoms with E-state index < -0.39 is 17.5 Å². The molecule has 0 unspecified atom stereocenters. The number of para-hydroxylation sites is 2. The summed E-state index contributed by atoms with van der Waals surface area (Å²) in [5.74, 6) is -0.199. The molecule has 0 radical (unpaired) electrons. The Morgan fingerprint density at radius 2 is 1.83 bits per heavy atom. The molecule has 1 N–H and O–H groups in total. The van der Waals surface area contributed by atoms with Crippen molar-refractivity contribution in [3.8, 4) is 5.75 Å². The molecule has 4 atom stereocenters. The van der Waals surface area contributed by atoms with Crippen molar-refractivity contribution in [2.24, 2.45) is 0 Å². The lowest BCUT2D eigenvalue weighted by atomic mass is 9.77. The number of carbonyl (C=O) groups is 1. The van der Waals surface area contributed by atoms with Gasteiger partial charge in [-0.05, 0) is 42.7 Å². The van der Waals surface area contributed by atoms with E-state index in [1.807, 2.05) is 72.8 Å². The number of benzene rings is 3. The second-order valence-electron chi connectivity index (χ2n) is 9.38. The van der Waals surface area contributed by atoms with Crippen molar-refractivity contribution in [2.75, 3.05) is 11.9 Å². The molecule has 3 aromatic rings. The minimum atomic E-state index is -1.34. The van der Waals surface area contributed by atoms with E-state index in [1.165, 1.54) is 0 Å². The highest BCUT2D eigenvalue weighted by Gasteiger charge is 2.73. The van der Waals surface area contributed by atoms with Crippen LogP contribution in [0.4, 0.5) is 5.69 Å². The summed E-state index contributed by atoms with van der Waals surface area (Å²) >= 11 is 6.00. The molecular weight excluding hydrogens is 466 g/mol. The minimum Gasteiger partial charge on any atom is -0.489 e. The Morgan fingerprint density at radius 3 is 2.63 bits per heavy atom. The van der Waals surface area contributed by atoms with Crippen molar-refractivity contribution in [1.29, 1.82) is 0 Å². The lowest BCUT2D eigenvalue weighted by Gasteiger charge is -2.32. The van der Waals surface area contributed by atoms with Gasteiger partial charge in [0.05, 0.1) is 5.92 Å². The third kappa shape index (κ3) is 3.26. The summed E-state index contributed by atoms with van der Waals surface area (Å²) in [4.78, 5) is 28.3. The van der Waals surface area contributed by atoms with Crippen LogP contribution in [-0.4, -0.2) is 34.4 Å². The predicted molar refractivity (Wildman–Crippen MR) is 132 cm³/mol. The van der Waals surface area contributed by atoms with Crippen LogP contribution in [0.3, 0.4) is 0 Å². The monoisotopic (exact) mass is 489 g/mol. The molecule has 1 spiro atoms. The van der Waals surface area contributed by atoms with Crippen LogP contribution in [-0.2, 0) is 16.9 Å². The van der Waals surface area contributed by atoms with E-state index in [1.54, 1.807) is 0 Å². The topological polar surface area (TPSA) is 84.7 Å². The van der Waals surface area contributed by atoms with E-state index in [2.05, 4.69) is 10.2 Å². The Hall–Kier alpha value is -3.42. The Bertz CT molecular complexity index is 1310. The maximum absolute atomic E-state index is 13.6. The number of halogens is 1. The lowest BCUT2D eigenvalue weighted by molar-refractivity contribution is -0.534. The van der Waals surface area contributed by atoms with E-state index in [4.69, 9.17) is 16.3 Å². The van der Waals surface area contributed by atoms with Crippen LogP contribution in [0.1, 0.15) is 35.4 Å². The Balaban J connectivity index is 1.45. The molecular formula is C27H24ClN3O4. The van der Waals surface area contributed by atoms with Crippen molar-refractivity contribution in [1.82, 2.24) is 4.90 Å². The van der Waals surface area contributed by atoms with E-state index in [0.717, 1.165) is 24.0 Å². The summed E-state index contributed by atoms with van der Waals surface area (Å²) in [5, 5.41) is 16.4. The Labute approximate surface area is 207 Å². The molecule has 35 heavy (non-hydrogen) atoms. The van der Waals surface area contributed by atoms with Gasteiger partial charge in [0.2, 0.25) is 0 Å². The fourth-order valence-corrected chi connectivity index (χ4v) is 6.50. The van der Waals surface area contributed by atoms with E-state index in [0.29, 0.717) is 35.2 Å². The summed E-state index contributed by atoms with van der Waals surface area (Å²) in [7, 11) is 0. The van der Waals surface area contributed by atoms with Gasteiger partial charge < -0.3 is 10.1 Å². The van der Waals surface area contributed by atoms with Crippen LogP contribution in [0.25, 0.3) is 0 Å². The molecule has 1 amide bonds. The zero-order valence-corrected chi connectivity index (χ0v) is 19.6. The number of ether oxygens (including phenoxy) is 1. The highest BCUT2D eigenvalue weighted by molar-refractivity contribution is 6.30. The van der Waals surface area contributed by atoms with Gasteiger partial charge in [-0.15, -0.1) is 0 Å². The van der Waals surface area contributed by atoms with Gasteiger partial charge in [0.15, 0.2) is 5.54 Å². The quantitative estimate of drug-likeness (QED) is 0.404. The number of fused-ring (bicyclic) bond motifs is 4. The SMILES string of the molecule is O=C1Nc2ccccc2[C@]12[C@H]([N+](=O)[O-])[C@@H](c1ccccc1OCc1ccc(Cl)cc1)[C@H]1CCCN12. The number of hydrogen-bond acceptors (Lipinski definition) is 5. The van der Waals surface area contributed by atoms with Crippen LogP contribution in [0.2, 0.25) is 5.02 Å². The van der Waals surface area contributed by atoms with Gasteiger partial charge in [-0.1, -0.05) is 60.1 Å². The van der Waals surface area contributed by atoms with E-state index in [9.17, 15) is 14.9 Å². The molecule has 0 bridgehead atoms. The first-order valence-corrected chi connectivity index (χ1v) is 12.2. The molecule has 6 rings (SSSR count). The third-order valence-electron chi connectivity index (χ3n) is 7.68. The first-order chi connectivity index (χ1) is 17.0. The molecule has 0 aromatic heterocycles. The first-order valence-electron chi connectivity index (χ1n) is 11.8. The summed E-state index contributed by atoms with van der Waals surface area (Å²) in [6, 6.07) is 21.0. The number of anilines is 1. The fourth-order valence-electron chi connectivity index (χ4n) is 6.38. The van der Waals surface area contributed by atoms with Gasteiger partial charge in [0.25, 0.3) is 11.9 Å². The van der Waals surface area contributed by atoms with Crippen LogP contribution < -0.4 is 10.1 Å². The highest BCUT2D eigenvalue weighted by Crippen LogP contribution is 2.58. The van der Waals surface area contributed by atoms with Crippen molar-refractivity contribution in [3.63, 3.8) is 0 Å². The Morgan fingerprint density at radius 1 is 1.09 bits per heavy atom. The summed E-state index contributed by atoms with van der Waals surface area (Å²) < 4.78 is 6.21. The van der Waals surface area contributed by atoms with Crippen molar-refractivity contribution >= 4 is 23.2 Å². The third-order valence-corrected chi connectivity index (χ3v) is 7.93. The van der Waals surface area contributed by atoms with Crippen LogP contribution in [0.15, 0.2) is 72.8 Å². The average molecular weight is 490 g/mol. The van der Waals surface area contributed by atoms with Crippen molar-refractivity contribution < 1.29 is 14.5 Å². The smallest absolute Gasteiger partial charge is 0.256 e. The normalized spacial score (nSPS) is 27.0. The summed E-state index contributed by atoms with van der Waals surface area (Å²) in [6.45, 7) is 0.952. The molecule has 178 valence electrons. The zero-order valence-electron chi connectivity index (χ0n) is 18.9. The number of nitrogens with one attached hydrogen (secondary N) is 1. The maximum atomic E-state index is 13.6. The standard InChI is InChI=1S/C27H24ClN3O4/c28-18-13-11-17(12-14-18)16-35-23-10-4-1-6-19(23)24-22-9-5-15-30(22)27(25(24)31(33)34)20-7-2-3-8-21(20)29-26(27)32/h1-4,6-8,10-14,22,24-25H,5,9,15-16H2,(H,29,32)/t22-,24+,25-,27+/m1/s1. The van der Waals surface area contributed by atoms with Gasteiger partial charge in [-0.2, -0.15) is 0 Å². The van der Waals surface area contributed by atoms with Crippen LogP contribution in [0.5, 0.6) is 5.75 Å². The largest absolute Gasteiger partial charge is 0.489 e. The van der Waals surface area contributed by atoms with Gasteiger partial charge in [-0.3, -0.25) is 19.8 Å². The average Bonchev–Trinajstić information content (AvgIpc) is 3.52. The zero-order chi connectivity index (χ0) is 24.2. The second kappa shape index (κ2) is 8.36. The van der Waals surface area contributed by atoms with E-state index in [-0.39, 0.29) is 16.9 Å². The van der Waals surface area contributed by atoms with Crippen molar-refractivity contribution in [3.05, 3.63) is 105 Å². The second-order valence-corrected chi connectivity index (χ2v) is 9.81. The molecule has 3 aliphatic heterocycles. The highest BCUT2D eigenvalue weighted by atomic mass is 35.5. The van der Waals surface area contributed by atoms with Gasteiger partial charge in [0.1, 0.15) is 12.4 Å². The number of rotatable bonds is 5. The van der Waals surface area contributed by atoms with E-state index >= 15 is 0 Å². The molecule has 3 aliphatic rings. The fraction of sp³-hybridized carbons (Fsp3) is 0.296. The molecule has 7 nitrogen and oxygen atoms in total. The van der Waals surface area contributed by atoms with Gasteiger partial charge in [0, 0.05) is 39.3 Å². The first kappa shape index (κ1) is 22.1. The Kier molecular flexibility index (Phi) is 5.27. The van der Waals surface area contributed by atoms with Crippen LogP contribution >= 0.6 is 11.6 Å². The molecule has 0 saturated carbocycles. The number of carbonyl (C=O) groups excluding carboxylic acids is 1. The molecule has 8 heteroatoms. The van der Waals surface area contributed by atoms with Crippen molar-refractivity contribution in [2.45, 2.75) is 43.0 Å². The van der Waals surface area contributed by atoms with Gasteiger partial charge >= 0.3 is 0 Å². The number of amides is 1. The maximum Gasteiger partial charge on any atom is 0.256 e. The summed E-state index contributed by atoms with van der Waals surface area (Å²) in [5.41, 5.74) is 1.73. The minimum absolute atomic E-state index is 0.136. The number of hydrogen-bond donors (Lipinski definition) is 1. The molecule has 3 heterocycles. The van der Waals surface area contributed by atoms with Gasteiger partial charge in [-0.25, -0.2) is 0 Å². The molecule has 3 aromatic carbocycles. The molecule has 0 aliphatic carbocycles. The van der Waals surface area contributed by atoms with Crippen LogP contribution in [0, 0.1) is 10.1 Å². The number of nitrogens with zero attached hydrogens (tertiary/aromatic N) is 2.